The lowest BCUT2D eigenvalue weighted by atomic mass is 10.1. The second-order valence-electron chi connectivity index (χ2n) is 5.99. The van der Waals surface area contributed by atoms with Crippen molar-refractivity contribution in [1.29, 1.82) is 0 Å². The Morgan fingerprint density at radius 3 is 2.21 bits per heavy atom. The average molecular weight is 327 g/mol. The molecule has 0 aliphatic rings. The van der Waals surface area contributed by atoms with Gasteiger partial charge < -0.3 is 15.0 Å². The Kier molecular flexibility index (Phi) is 6.82. The molecule has 0 saturated carbocycles. The van der Waals surface area contributed by atoms with Gasteiger partial charge >= 0.3 is 0 Å². The van der Waals surface area contributed by atoms with Crippen LogP contribution in [0.3, 0.4) is 0 Å². The number of rotatable bonds is 8. The van der Waals surface area contributed by atoms with E-state index < -0.39 is 0 Å². The minimum absolute atomic E-state index is 0.0156. The molecule has 0 saturated heterocycles. The van der Waals surface area contributed by atoms with E-state index in [-0.39, 0.29) is 5.91 Å². The Bertz CT molecular complexity index is 636. The highest BCUT2D eigenvalue weighted by Gasteiger charge is 2.11. The van der Waals surface area contributed by atoms with E-state index in [1.165, 1.54) is 11.1 Å². The lowest BCUT2D eigenvalue weighted by Gasteiger charge is -2.14. The topological polar surface area (TPSA) is 42.8 Å². The summed E-state index contributed by atoms with van der Waals surface area (Å²) in [4.78, 5) is 13.3. The second kappa shape index (κ2) is 9.08. The van der Waals surface area contributed by atoms with Crippen molar-refractivity contribution >= 4 is 11.6 Å². The fourth-order valence-electron chi connectivity index (χ4n) is 2.58. The molecule has 4 nitrogen and oxygen atoms in total. The molecule has 1 unspecified atom stereocenters. The number of hydrogen-bond donors (Lipinski definition) is 2. The monoisotopic (exact) mass is 327 g/mol. The van der Waals surface area contributed by atoms with E-state index in [0.717, 1.165) is 29.3 Å². The molecular weight excluding hydrogens is 300 g/mol. The molecule has 24 heavy (non-hydrogen) atoms. The summed E-state index contributed by atoms with van der Waals surface area (Å²) in [7, 11) is 2.03. The van der Waals surface area contributed by atoms with Crippen molar-refractivity contribution in [2.24, 2.45) is 0 Å². The maximum absolute atomic E-state index is 12.2. The smallest absolute Gasteiger partial charge is 0.279 e. The van der Waals surface area contributed by atoms with Crippen LogP contribution in [0.15, 0.2) is 48.5 Å². The van der Waals surface area contributed by atoms with Crippen molar-refractivity contribution in [3.05, 3.63) is 59.7 Å². The summed E-state index contributed by atoms with van der Waals surface area (Å²) < 4.78 is 5.40. The first-order chi connectivity index (χ1) is 11.6. The van der Waals surface area contributed by atoms with Gasteiger partial charge in [-0.1, -0.05) is 31.2 Å². The molecule has 0 bridgehead atoms. The van der Waals surface area contributed by atoms with Crippen LogP contribution in [-0.2, 0) is 17.8 Å². The molecule has 0 heterocycles. The van der Waals surface area contributed by atoms with Gasteiger partial charge in [0.15, 0.2) is 6.54 Å². The van der Waals surface area contributed by atoms with Gasteiger partial charge in [0.25, 0.3) is 5.91 Å². The van der Waals surface area contributed by atoms with E-state index in [4.69, 9.17) is 4.74 Å². The average Bonchev–Trinajstić information content (AvgIpc) is 2.57. The minimum Gasteiger partial charge on any atom is -0.494 e. The van der Waals surface area contributed by atoms with E-state index >= 15 is 0 Å². The number of carbonyl (C=O) groups is 1. The molecule has 1 atom stereocenters. The summed E-state index contributed by atoms with van der Waals surface area (Å²) in [5.41, 5.74) is 3.38. The number of ether oxygens (including phenoxy) is 1. The van der Waals surface area contributed by atoms with Gasteiger partial charge in [-0.3, -0.25) is 4.79 Å². The lowest BCUT2D eigenvalue weighted by Crippen LogP contribution is -3.08. The van der Waals surface area contributed by atoms with E-state index in [0.29, 0.717) is 13.2 Å². The molecule has 2 aromatic rings. The van der Waals surface area contributed by atoms with Crippen molar-refractivity contribution < 1.29 is 14.4 Å². The van der Waals surface area contributed by atoms with Gasteiger partial charge in [0, 0.05) is 11.3 Å². The van der Waals surface area contributed by atoms with Crippen LogP contribution < -0.4 is 15.0 Å². The third-order valence-electron chi connectivity index (χ3n) is 3.85. The highest BCUT2D eigenvalue weighted by molar-refractivity contribution is 5.91. The Morgan fingerprint density at radius 2 is 1.62 bits per heavy atom. The molecule has 0 aliphatic carbocycles. The first kappa shape index (κ1) is 18.0. The van der Waals surface area contributed by atoms with Gasteiger partial charge in [0.2, 0.25) is 0 Å². The van der Waals surface area contributed by atoms with Gasteiger partial charge in [0.1, 0.15) is 12.3 Å². The molecule has 2 N–H and O–H groups in total. The van der Waals surface area contributed by atoms with Crippen molar-refractivity contribution in [1.82, 2.24) is 0 Å². The molecule has 0 aromatic heterocycles. The number of anilines is 1. The Morgan fingerprint density at radius 1 is 1.00 bits per heavy atom. The quantitative estimate of drug-likeness (QED) is 0.781. The maximum atomic E-state index is 12.2. The van der Waals surface area contributed by atoms with E-state index in [1.807, 2.05) is 38.2 Å². The van der Waals surface area contributed by atoms with Gasteiger partial charge in [-0.2, -0.15) is 0 Å². The van der Waals surface area contributed by atoms with Crippen molar-refractivity contribution in [2.75, 3.05) is 25.5 Å². The normalized spacial score (nSPS) is 11.8. The van der Waals surface area contributed by atoms with Crippen molar-refractivity contribution in [3.8, 4) is 5.75 Å². The minimum atomic E-state index is 0.0156. The van der Waals surface area contributed by atoms with Crippen LogP contribution in [-0.4, -0.2) is 26.1 Å². The van der Waals surface area contributed by atoms with Crippen LogP contribution in [0.25, 0.3) is 0 Å². The zero-order valence-corrected chi connectivity index (χ0v) is 14.8. The van der Waals surface area contributed by atoms with Gasteiger partial charge in [-0.25, -0.2) is 0 Å². The number of aryl methyl sites for hydroxylation is 1. The summed E-state index contributed by atoms with van der Waals surface area (Å²) in [6, 6.07) is 16.1. The molecule has 0 aliphatic heterocycles. The Hall–Kier alpha value is -2.33. The number of quaternary nitrogens is 1. The summed E-state index contributed by atoms with van der Waals surface area (Å²) in [5.74, 6) is 0.829. The first-order valence-corrected chi connectivity index (χ1v) is 8.52. The molecule has 4 heteroatoms. The highest BCUT2D eigenvalue weighted by atomic mass is 16.5. The van der Waals surface area contributed by atoms with Crippen molar-refractivity contribution in [2.45, 2.75) is 26.8 Å². The number of nitrogens with one attached hydrogen (secondary N) is 2. The molecule has 1 amide bonds. The zero-order valence-electron chi connectivity index (χ0n) is 14.8. The molecular formula is C20H27N2O2+. The third kappa shape index (κ3) is 5.70. The second-order valence-corrected chi connectivity index (χ2v) is 5.99. The van der Waals surface area contributed by atoms with Gasteiger partial charge in [-0.15, -0.1) is 0 Å². The third-order valence-corrected chi connectivity index (χ3v) is 3.85. The number of likely N-dealkylation sites (N-methyl/N-ethyl adjacent to an activating group) is 1. The summed E-state index contributed by atoms with van der Waals surface area (Å²) in [5, 5.41) is 2.93. The van der Waals surface area contributed by atoms with Crippen LogP contribution in [0.4, 0.5) is 5.69 Å². The summed E-state index contributed by atoms with van der Waals surface area (Å²) >= 11 is 0. The van der Waals surface area contributed by atoms with Crippen molar-refractivity contribution in [3.63, 3.8) is 0 Å². The fourth-order valence-corrected chi connectivity index (χ4v) is 2.58. The number of amides is 1. The largest absolute Gasteiger partial charge is 0.494 e. The number of carbonyl (C=O) groups excluding carboxylic acids is 1. The standard InChI is InChI=1S/C20H26N2O2/c1-4-16-6-8-17(9-7-16)14-22(3)15-20(23)21-18-10-12-19(13-11-18)24-5-2/h6-13H,4-5,14-15H2,1-3H3,(H,21,23)/p+1. The predicted octanol–water partition coefficient (Wildman–Crippen LogP) is 2.30. The Balaban J connectivity index is 1.82. The van der Waals surface area contributed by atoms with Crippen LogP contribution in [0.2, 0.25) is 0 Å². The van der Waals surface area contributed by atoms with Crippen LogP contribution in [0.1, 0.15) is 25.0 Å². The SMILES string of the molecule is CCOc1ccc(NC(=O)C[NH+](C)Cc2ccc(CC)cc2)cc1. The zero-order chi connectivity index (χ0) is 17.4. The van der Waals surface area contributed by atoms with Crippen LogP contribution in [0, 0.1) is 0 Å². The Labute approximate surface area is 144 Å². The lowest BCUT2D eigenvalue weighted by molar-refractivity contribution is -0.885. The number of benzene rings is 2. The van der Waals surface area contributed by atoms with E-state index in [2.05, 4.69) is 36.5 Å². The molecule has 128 valence electrons. The maximum Gasteiger partial charge on any atom is 0.279 e. The fraction of sp³-hybridized carbons (Fsp3) is 0.350. The summed E-state index contributed by atoms with van der Waals surface area (Å²) in [6.45, 7) is 6.00. The van der Waals surface area contributed by atoms with Gasteiger partial charge in [-0.05, 0) is 43.2 Å². The predicted molar refractivity (Wildman–Crippen MR) is 97.5 cm³/mol. The highest BCUT2D eigenvalue weighted by Crippen LogP contribution is 2.15. The van der Waals surface area contributed by atoms with Crippen LogP contribution in [0.5, 0.6) is 5.75 Å². The number of hydrogen-bond acceptors (Lipinski definition) is 2. The van der Waals surface area contributed by atoms with Gasteiger partial charge in [0.05, 0.1) is 13.7 Å². The summed E-state index contributed by atoms with van der Waals surface area (Å²) in [6.07, 6.45) is 1.05. The molecule has 2 rings (SSSR count). The molecule has 0 radical (unpaired) electrons. The van der Waals surface area contributed by atoms with E-state index in [1.54, 1.807) is 0 Å². The molecule has 2 aromatic carbocycles. The van der Waals surface area contributed by atoms with E-state index in [9.17, 15) is 4.79 Å². The first-order valence-electron chi connectivity index (χ1n) is 8.52. The molecule has 0 fully saturated rings. The van der Waals surface area contributed by atoms with Crippen LogP contribution >= 0.6 is 0 Å². The molecule has 0 spiro atoms.